The van der Waals surface area contributed by atoms with E-state index in [0.29, 0.717) is 12.0 Å². The number of carbonyl (C=O) groups is 1. The molecule has 1 aliphatic carbocycles. The zero-order valence-corrected chi connectivity index (χ0v) is 12.2. The van der Waals surface area contributed by atoms with Gasteiger partial charge in [-0.1, -0.05) is 26.2 Å². The first-order valence-corrected chi connectivity index (χ1v) is 7.95. The van der Waals surface area contributed by atoms with Crippen LogP contribution in [0.4, 0.5) is 0 Å². The molecule has 100 valence electrons. The van der Waals surface area contributed by atoms with Crippen molar-refractivity contribution in [3.8, 4) is 0 Å². The number of hydrogen-bond donors (Lipinski definition) is 1. The van der Waals surface area contributed by atoms with Gasteiger partial charge in [-0.15, -0.1) is 11.3 Å². The fourth-order valence-corrected chi connectivity index (χ4v) is 3.71. The molecule has 2 atom stereocenters. The van der Waals surface area contributed by atoms with Crippen LogP contribution in [0, 0.1) is 12.8 Å². The lowest BCUT2D eigenvalue weighted by atomic mass is 9.97. The third-order valence-corrected chi connectivity index (χ3v) is 4.99. The van der Waals surface area contributed by atoms with E-state index in [1.807, 2.05) is 18.4 Å². The molecule has 1 saturated carbocycles. The highest BCUT2D eigenvalue weighted by Crippen LogP contribution is 2.30. The second kappa shape index (κ2) is 6.37. The Labute approximate surface area is 114 Å². The van der Waals surface area contributed by atoms with Gasteiger partial charge in [0.2, 0.25) is 0 Å². The molecule has 1 N–H and O–H groups in total. The van der Waals surface area contributed by atoms with Crippen molar-refractivity contribution in [2.75, 3.05) is 0 Å². The first-order valence-electron chi connectivity index (χ1n) is 7.07. The van der Waals surface area contributed by atoms with E-state index in [2.05, 4.69) is 12.2 Å². The van der Waals surface area contributed by atoms with Crippen LogP contribution in [0.1, 0.15) is 60.7 Å². The summed E-state index contributed by atoms with van der Waals surface area (Å²) >= 11 is 1.55. The van der Waals surface area contributed by atoms with Crippen molar-refractivity contribution < 1.29 is 4.79 Å². The van der Waals surface area contributed by atoms with Gasteiger partial charge in [0.05, 0.1) is 4.88 Å². The highest BCUT2D eigenvalue weighted by Gasteiger charge is 2.28. The van der Waals surface area contributed by atoms with Gasteiger partial charge in [-0.2, -0.15) is 0 Å². The normalized spacial score (nSPS) is 23.2. The van der Waals surface area contributed by atoms with Crippen LogP contribution in [-0.2, 0) is 0 Å². The zero-order chi connectivity index (χ0) is 13.0. The monoisotopic (exact) mass is 265 g/mol. The second-order valence-electron chi connectivity index (χ2n) is 5.35. The third-order valence-electron chi connectivity index (χ3n) is 3.97. The van der Waals surface area contributed by atoms with Gasteiger partial charge in [0.15, 0.2) is 0 Å². The summed E-state index contributed by atoms with van der Waals surface area (Å²) in [6, 6.07) is 2.42. The largest absolute Gasteiger partial charge is 0.348 e. The SMILES string of the molecule is CCCCC1CCCC1NC(=O)c1sccc1C. The van der Waals surface area contributed by atoms with Gasteiger partial charge in [-0.3, -0.25) is 4.79 Å². The van der Waals surface area contributed by atoms with Crippen molar-refractivity contribution in [1.82, 2.24) is 5.32 Å². The van der Waals surface area contributed by atoms with Crippen LogP contribution in [0.15, 0.2) is 11.4 Å². The van der Waals surface area contributed by atoms with E-state index in [0.717, 1.165) is 16.9 Å². The van der Waals surface area contributed by atoms with Crippen LogP contribution in [-0.4, -0.2) is 11.9 Å². The molecule has 1 fully saturated rings. The number of rotatable bonds is 5. The lowest BCUT2D eigenvalue weighted by molar-refractivity contribution is 0.0930. The molecular weight excluding hydrogens is 242 g/mol. The minimum atomic E-state index is 0.135. The Morgan fingerprint density at radius 1 is 1.50 bits per heavy atom. The van der Waals surface area contributed by atoms with Gasteiger partial charge in [-0.05, 0) is 49.1 Å². The Morgan fingerprint density at radius 2 is 2.33 bits per heavy atom. The number of unbranched alkanes of at least 4 members (excludes halogenated alkanes) is 1. The Kier molecular flexibility index (Phi) is 4.81. The molecule has 2 rings (SSSR count). The summed E-state index contributed by atoms with van der Waals surface area (Å²) in [4.78, 5) is 13.1. The molecule has 18 heavy (non-hydrogen) atoms. The predicted molar refractivity (Wildman–Crippen MR) is 77.2 cm³/mol. The van der Waals surface area contributed by atoms with E-state index in [1.54, 1.807) is 11.3 Å². The maximum atomic E-state index is 12.2. The molecule has 1 aromatic rings. The van der Waals surface area contributed by atoms with Crippen molar-refractivity contribution in [3.63, 3.8) is 0 Å². The third kappa shape index (κ3) is 3.14. The minimum absolute atomic E-state index is 0.135. The summed E-state index contributed by atoms with van der Waals surface area (Å²) in [5.74, 6) is 0.838. The van der Waals surface area contributed by atoms with Gasteiger partial charge >= 0.3 is 0 Å². The molecule has 0 aromatic carbocycles. The summed E-state index contributed by atoms with van der Waals surface area (Å²) in [6.45, 7) is 4.24. The lowest BCUT2D eigenvalue weighted by Gasteiger charge is -2.20. The van der Waals surface area contributed by atoms with E-state index in [4.69, 9.17) is 0 Å². The van der Waals surface area contributed by atoms with E-state index in [9.17, 15) is 4.79 Å². The Balaban J connectivity index is 1.92. The van der Waals surface area contributed by atoms with Gasteiger partial charge in [0, 0.05) is 6.04 Å². The average Bonchev–Trinajstić information content (AvgIpc) is 2.95. The quantitative estimate of drug-likeness (QED) is 0.851. The molecular formula is C15H23NOS. The number of nitrogens with one attached hydrogen (secondary N) is 1. The second-order valence-corrected chi connectivity index (χ2v) is 6.26. The molecule has 2 unspecified atom stereocenters. The maximum Gasteiger partial charge on any atom is 0.261 e. The van der Waals surface area contributed by atoms with Crippen molar-refractivity contribution in [2.45, 2.75) is 58.4 Å². The molecule has 3 heteroatoms. The van der Waals surface area contributed by atoms with Crippen molar-refractivity contribution in [1.29, 1.82) is 0 Å². The highest BCUT2D eigenvalue weighted by atomic mass is 32.1. The Bertz CT molecular complexity index is 399. The molecule has 0 bridgehead atoms. The van der Waals surface area contributed by atoms with Crippen molar-refractivity contribution in [2.24, 2.45) is 5.92 Å². The van der Waals surface area contributed by atoms with E-state index in [1.165, 1.54) is 32.1 Å². The van der Waals surface area contributed by atoms with Crippen LogP contribution in [0.2, 0.25) is 0 Å². The first kappa shape index (κ1) is 13.6. The maximum absolute atomic E-state index is 12.2. The zero-order valence-electron chi connectivity index (χ0n) is 11.4. The molecule has 1 aromatic heterocycles. The number of carbonyl (C=O) groups excluding carboxylic acids is 1. The summed E-state index contributed by atoms with van der Waals surface area (Å²) in [6.07, 6.45) is 7.52. The molecule has 1 amide bonds. The molecule has 0 radical (unpaired) electrons. The average molecular weight is 265 g/mol. The molecule has 1 aliphatic rings. The molecule has 2 nitrogen and oxygen atoms in total. The van der Waals surface area contributed by atoms with Gasteiger partial charge in [-0.25, -0.2) is 0 Å². The fraction of sp³-hybridized carbons (Fsp3) is 0.667. The number of hydrogen-bond acceptors (Lipinski definition) is 2. The van der Waals surface area contributed by atoms with Gasteiger partial charge in [0.25, 0.3) is 5.91 Å². The summed E-state index contributed by atoms with van der Waals surface area (Å²) < 4.78 is 0. The number of thiophene rings is 1. The van der Waals surface area contributed by atoms with Gasteiger partial charge in [0.1, 0.15) is 0 Å². The summed E-state index contributed by atoms with van der Waals surface area (Å²) in [7, 11) is 0. The van der Waals surface area contributed by atoms with E-state index >= 15 is 0 Å². The molecule has 1 heterocycles. The lowest BCUT2D eigenvalue weighted by Crippen LogP contribution is -2.37. The van der Waals surface area contributed by atoms with E-state index < -0.39 is 0 Å². The van der Waals surface area contributed by atoms with Crippen LogP contribution in [0.3, 0.4) is 0 Å². The number of amides is 1. The van der Waals surface area contributed by atoms with Crippen LogP contribution in [0.5, 0.6) is 0 Å². The fourth-order valence-electron chi connectivity index (χ4n) is 2.88. The van der Waals surface area contributed by atoms with Crippen LogP contribution >= 0.6 is 11.3 Å². The highest BCUT2D eigenvalue weighted by molar-refractivity contribution is 7.12. The smallest absolute Gasteiger partial charge is 0.261 e. The Hall–Kier alpha value is -0.830. The molecule has 0 aliphatic heterocycles. The van der Waals surface area contributed by atoms with Crippen molar-refractivity contribution >= 4 is 17.2 Å². The minimum Gasteiger partial charge on any atom is -0.348 e. The summed E-state index contributed by atoms with van der Waals surface area (Å²) in [5, 5.41) is 5.25. The molecule has 0 saturated heterocycles. The topological polar surface area (TPSA) is 29.1 Å². The van der Waals surface area contributed by atoms with Crippen LogP contribution < -0.4 is 5.32 Å². The van der Waals surface area contributed by atoms with Gasteiger partial charge < -0.3 is 5.32 Å². The number of aryl methyl sites for hydroxylation is 1. The van der Waals surface area contributed by atoms with E-state index in [-0.39, 0.29) is 5.91 Å². The van der Waals surface area contributed by atoms with Crippen LogP contribution in [0.25, 0.3) is 0 Å². The predicted octanol–water partition coefficient (Wildman–Crippen LogP) is 4.15. The molecule has 0 spiro atoms. The van der Waals surface area contributed by atoms with Crippen molar-refractivity contribution in [3.05, 3.63) is 21.9 Å². The summed E-state index contributed by atoms with van der Waals surface area (Å²) in [5.41, 5.74) is 1.10. The Morgan fingerprint density at radius 3 is 3.00 bits per heavy atom. The standard InChI is InChI=1S/C15H23NOS/c1-3-4-6-12-7-5-8-13(12)16-15(17)14-11(2)9-10-18-14/h9-10,12-13H,3-8H2,1-2H3,(H,16,17). The first-order chi connectivity index (χ1) is 8.72.